The van der Waals surface area contributed by atoms with Crippen LogP contribution in [0.5, 0.6) is 0 Å². The van der Waals surface area contributed by atoms with E-state index >= 15 is 0 Å². The Morgan fingerprint density at radius 3 is 2.22 bits per heavy atom. The Morgan fingerprint density at radius 2 is 1.72 bits per heavy atom. The molecule has 0 saturated carbocycles. The van der Waals surface area contributed by atoms with Crippen molar-refractivity contribution in [3.8, 4) is 0 Å². The van der Waals surface area contributed by atoms with Gasteiger partial charge in [0.05, 0.1) is 25.9 Å². The molecule has 0 unspecified atom stereocenters. The minimum atomic E-state index is -3.70. The monoisotopic (exact) mass is 280 g/mol. The Morgan fingerprint density at radius 1 is 1.11 bits per heavy atom. The van der Waals surface area contributed by atoms with Crippen molar-refractivity contribution in [2.75, 3.05) is 25.2 Å². The molecule has 0 aliphatic heterocycles. The van der Waals surface area contributed by atoms with E-state index in [0.29, 0.717) is 0 Å². The molecule has 0 aliphatic rings. The molecule has 0 rings (SSSR count). The van der Waals surface area contributed by atoms with Gasteiger partial charge in [-0.15, -0.1) is 0 Å². The van der Waals surface area contributed by atoms with E-state index in [4.69, 9.17) is 0 Å². The van der Waals surface area contributed by atoms with Gasteiger partial charge in [-0.25, -0.2) is 8.42 Å². The molecule has 0 N–H and O–H groups in total. The molecule has 0 aliphatic carbocycles. The quantitative estimate of drug-likeness (QED) is 0.435. The summed E-state index contributed by atoms with van der Waals surface area (Å²) in [6.07, 6.45) is -0.892. The van der Waals surface area contributed by atoms with Crippen molar-refractivity contribution in [2.45, 2.75) is 19.8 Å². The average molecular weight is 280 g/mol. The number of Topliss-reactive ketones (excluding diaryl/α,β-unsaturated/α-hetero) is 1. The Hall–Kier alpha value is -1.44. The molecule has 0 aromatic rings. The van der Waals surface area contributed by atoms with Crippen molar-refractivity contribution in [2.24, 2.45) is 0 Å². The number of sulfone groups is 1. The van der Waals surface area contributed by atoms with Crippen LogP contribution in [0.4, 0.5) is 0 Å². The Labute approximate surface area is 105 Å². The van der Waals surface area contributed by atoms with Gasteiger partial charge in [0, 0.05) is 0 Å². The van der Waals surface area contributed by atoms with Gasteiger partial charge in [-0.1, -0.05) is 0 Å². The van der Waals surface area contributed by atoms with Crippen LogP contribution < -0.4 is 0 Å². The molecule has 0 saturated heterocycles. The summed E-state index contributed by atoms with van der Waals surface area (Å²) >= 11 is 0. The molecule has 8 heteroatoms. The minimum Gasteiger partial charge on any atom is -0.469 e. The van der Waals surface area contributed by atoms with Crippen molar-refractivity contribution < 1.29 is 32.3 Å². The molecule has 0 fully saturated rings. The predicted octanol–water partition coefficient (Wildman–Crippen LogP) is -0.513. The summed E-state index contributed by atoms with van der Waals surface area (Å²) in [6, 6.07) is 0. The lowest BCUT2D eigenvalue weighted by atomic mass is 10.3. The fourth-order valence-electron chi connectivity index (χ4n) is 1.08. The van der Waals surface area contributed by atoms with Gasteiger partial charge in [0.15, 0.2) is 15.6 Å². The molecule has 0 heterocycles. The van der Waals surface area contributed by atoms with E-state index in [1.165, 1.54) is 0 Å². The standard InChI is InChI=1S/C10H16O7S/c1-3-17-10(13)6-8(11)7-18(14,15)5-4-9(12)16-2/h3-7H2,1-2H3. The highest BCUT2D eigenvalue weighted by atomic mass is 32.2. The number of carbonyl (C=O) groups excluding carboxylic acids is 3. The molecule has 104 valence electrons. The molecule has 0 spiro atoms. The second-order valence-corrected chi connectivity index (χ2v) is 5.62. The van der Waals surface area contributed by atoms with E-state index in [1.807, 2.05) is 0 Å². The summed E-state index contributed by atoms with van der Waals surface area (Å²) in [5.41, 5.74) is 0. The van der Waals surface area contributed by atoms with Crippen molar-refractivity contribution in [3.63, 3.8) is 0 Å². The van der Waals surface area contributed by atoms with Crippen LogP contribution in [0.3, 0.4) is 0 Å². The van der Waals surface area contributed by atoms with Gasteiger partial charge in [-0.05, 0) is 6.92 Å². The molecule has 0 aromatic heterocycles. The molecular weight excluding hydrogens is 264 g/mol. The van der Waals surface area contributed by atoms with Crippen molar-refractivity contribution >= 4 is 27.6 Å². The van der Waals surface area contributed by atoms with Gasteiger partial charge in [0.1, 0.15) is 12.2 Å². The van der Waals surface area contributed by atoms with Gasteiger partial charge in [-0.3, -0.25) is 14.4 Å². The summed E-state index contributed by atoms with van der Waals surface area (Å²) in [5.74, 6) is -3.43. The number of carbonyl (C=O) groups is 3. The molecule has 7 nitrogen and oxygen atoms in total. The van der Waals surface area contributed by atoms with Gasteiger partial charge < -0.3 is 9.47 Å². The highest BCUT2D eigenvalue weighted by molar-refractivity contribution is 7.92. The van der Waals surface area contributed by atoms with E-state index in [9.17, 15) is 22.8 Å². The van der Waals surface area contributed by atoms with Crippen LogP contribution in [-0.2, 0) is 33.7 Å². The van der Waals surface area contributed by atoms with E-state index in [1.54, 1.807) is 6.92 Å². The maximum absolute atomic E-state index is 11.4. The molecule has 0 radical (unpaired) electrons. The second kappa shape index (κ2) is 7.80. The van der Waals surface area contributed by atoms with E-state index in [0.717, 1.165) is 7.11 Å². The smallest absolute Gasteiger partial charge is 0.313 e. The average Bonchev–Trinajstić information content (AvgIpc) is 2.25. The third-order valence-corrected chi connectivity index (χ3v) is 3.46. The first-order valence-electron chi connectivity index (χ1n) is 5.25. The topological polar surface area (TPSA) is 104 Å². The van der Waals surface area contributed by atoms with Crippen molar-refractivity contribution in [3.05, 3.63) is 0 Å². The van der Waals surface area contributed by atoms with Crippen molar-refractivity contribution in [1.29, 1.82) is 0 Å². The molecule has 0 aromatic carbocycles. The third kappa shape index (κ3) is 7.77. The zero-order valence-electron chi connectivity index (χ0n) is 10.3. The Kier molecular flexibility index (Phi) is 7.18. The fourth-order valence-corrected chi connectivity index (χ4v) is 2.30. The first kappa shape index (κ1) is 16.6. The summed E-state index contributed by atoms with van der Waals surface area (Å²) in [5, 5.41) is 0. The van der Waals surface area contributed by atoms with Crippen molar-refractivity contribution in [1.82, 2.24) is 0 Å². The lowest BCUT2D eigenvalue weighted by Crippen LogP contribution is -2.23. The number of methoxy groups -OCH3 is 1. The van der Waals surface area contributed by atoms with E-state index in [2.05, 4.69) is 9.47 Å². The van der Waals surface area contributed by atoms with Crippen LogP contribution >= 0.6 is 0 Å². The van der Waals surface area contributed by atoms with Gasteiger partial charge >= 0.3 is 11.9 Å². The normalized spacial score (nSPS) is 10.8. The predicted molar refractivity (Wildman–Crippen MR) is 61.5 cm³/mol. The van der Waals surface area contributed by atoms with Gasteiger partial charge in [0.2, 0.25) is 0 Å². The van der Waals surface area contributed by atoms with E-state index in [-0.39, 0.29) is 13.0 Å². The van der Waals surface area contributed by atoms with Crippen LogP contribution in [0.1, 0.15) is 19.8 Å². The van der Waals surface area contributed by atoms with Crippen LogP contribution in [0, 0.1) is 0 Å². The molecular formula is C10H16O7S. The summed E-state index contributed by atoms with van der Waals surface area (Å²) in [4.78, 5) is 33.0. The highest BCUT2D eigenvalue weighted by Crippen LogP contribution is 1.99. The van der Waals surface area contributed by atoms with Crippen LogP contribution in [0.15, 0.2) is 0 Å². The summed E-state index contributed by atoms with van der Waals surface area (Å²) < 4.78 is 31.6. The van der Waals surface area contributed by atoms with E-state index < -0.39 is 45.5 Å². The molecule has 0 bridgehead atoms. The molecule has 0 atom stereocenters. The maximum atomic E-state index is 11.4. The highest BCUT2D eigenvalue weighted by Gasteiger charge is 2.20. The maximum Gasteiger partial charge on any atom is 0.313 e. The molecule has 18 heavy (non-hydrogen) atoms. The number of hydrogen-bond acceptors (Lipinski definition) is 7. The third-order valence-electron chi connectivity index (χ3n) is 1.87. The Bertz CT molecular complexity index is 410. The van der Waals surface area contributed by atoms with Crippen LogP contribution in [-0.4, -0.2) is 51.4 Å². The zero-order valence-corrected chi connectivity index (χ0v) is 11.1. The lowest BCUT2D eigenvalue weighted by molar-refractivity contribution is -0.145. The zero-order chi connectivity index (χ0) is 14.2. The second-order valence-electron chi connectivity index (χ2n) is 3.44. The number of hydrogen-bond donors (Lipinski definition) is 0. The number of ketones is 1. The van der Waals surface area contributed by atoms with Gasteiger partial charge in [-0.2, -0.15) is 0 Å². The first-order valence-corrected chi connectivity index (χ1v) is 7.07. The van der Waals surface area contributed by atoms with Gasteiger partial charge in [0.25, 0.3) is 0 Å². The molecule has 0 amide bonds. The van der Waals surface area contributed by atoms with Crippen LogP contribution in [0.25, 0.3) is 0 Å². The first-order chi connectivity index (χ1) is 8.30. The lowest BCUT2D eigenvalue weighted by Gasteiger charge is -2.03. The Balaban J connectivity index is 4.20. The van der Waals surface area contributed by atoms with Crippen LogP contribution in [0.2, 0.25) is 0 Å². The fraction of sp³-hybridized carbons (Fsp3) is 0.700. The largest absolute Gasteiger partial charge is 0.469 e. The number of esters is 2. The summed E-state index contributed by atoms with van der Waals surface area (Å²) in [7, 11) is -2.56. The SMILES string of the molecule is CCOC(=O)CC(=O)CS(=O)(=O)CCC(=O)OC. The summed E-state index contributed by atoms with van der Waals surface area (Å²) in [6.45, 7) is 1.71. The number of ether oxygens (including phenoxy) is 2. The minimum absolute atomic E-state index is 0.126. The number of rotatable bonds is 8.